The molecule has 0 unspecified atom stereocenters. The number of carbonyl (C=O) groups is 1. The molecule has 0 aromatic carbocycles. The molecule has 0 aliphatic carbocycles. The molecule has 0 fully saturated rings. The molecule has 0 atom stereocenters. The molecule has 0 radical (unpaired) electrons. The summed E-state index contributed by atoms with van der Waals surface area (Å²) in [6, 6.07) is 0. The molecule has 0 aliphatic rings. The van der Waals surface area contributed by atoms with Crippen LogP contribution in [0, 0.1) is 0 Å². The number of nitrogens with two attached hydrogens (primary N) is 1. The van der Waals surface area contributed by atoms with Crippen LogP contribution in [0.4, 0.5) is 0 Å². The van der Waals surface area contributed by atoms with Crippen LogP contribution in [-0.2, 0) is 14.3 Å². The van der Waals surface area contributed by atoms with Crippen molar-refractivity contribution in [3.8, 4) is 0 Å². The largest absolute Gasteiger partial charge is 0.382 e. The van der Waals surface area contributed by atoms with E-state index >= 15 is 0 Å². The lowest BCUT2D eigenvalue weighted by molar-refractivity contribution is -0.114. The molecule has 1 amide bonds. The molecule has 2 N–H and O–H groups in total. The molecule has 0 spiro atoms. The van der Waals surface area contributed by atoms with E-state index in [4.69, 9.17) is 15.2 Å². The molecule has 70 valence electrons. The number of rotatable bonds is 7. The summed E-state index contributed by atoms with van der Waals surface area (Å²) in [7, 11) is 1.60. The summed E-state index contributed by atoms with van der Waals surface area (Å²) < 4.78 is 9.86. The summed E-state index contributed by atoms with van der Waals surface area (Å²) in [5, 5.41) is 0. The second kappa shape index (κ2) is 6.82. The van der Waals surface area contributed by atoms with E-state index in [9.17, 15) is 4.79 Å². The van der Waals surface area contributed by atoms with Gasteiger partial charge in [0.2, 0.25) is 5.91 Å². The van der Waals surface area contributed by atoms with E-state index in [0.29, 0.717) is 31.8 Å². The number of ether oxygens (including phenoxy) is 2. The van der Waals surface area contributed by atoms with Gasteiger partial charge in [-0.15, -0.1) is 0 Å². The van der Waals surface area contributed by atoms with E-state index < -0.39 is 5.91 Å². The number of hydrogen-bond donors (Lipinski definition) is 1. The van der Waals surface area contributed by atoms with Crippen molar-refractivity contribution in [1.82, 2.24) is 0 Å². The van der Waals surface area contributed by atoms with Crippen LogP contribution < -0.4 is 5.73 Å². The average Bonchev–Trinajstić information content (AvgIpc) is 2.03. The molecular formula is C8H15NO3. The lowest BCUT2D eigenvalue weighted by Gasteiger charge is -2.03. The van der Waals surface area contributed by atoms with Gasteiger partial charge in [0.05, 0.1) is 19.8 Å². The second-order valence-electron chi connectivity index (χ2n) is 2.32. The van der Waals surface area contributed by atoms with Gasteiger partial charge < -0.3 is 15.2 Å². The van der Waals surface area contributed by atoms with Gasteiger partial charge in [0.15, 0.2) is 0 Å². The molecule has 0 heterocycles. The van der Waals surface area contributed by atoms with E-state index in [0.717, 1.165) is 0 Å². The average molecular weight is 173 g/mol. The van der Waals surface area contributed by atoms with Gasteiger partial charge in [-0.05, 0) is 0 Å². The van der Waals surface area contributed by atoms with Gasteiger partial charge in [-0.25, -0.2) is 0 Å². The summed E-state index contributed by atoms with van der Waals surface area (Å²) in [5.74, 6) is -0.467. The lowest BCUT2D eigenvalue weighted by Crippen LogP contribution is -2.14. The van der Waals surface area contributed by atoms with Crippen LogP contribution in [0.5, 0.6) is 0 Å². The molecule has 0 saturated carbocycles. The van der Waals surface area contributed by atoms with Crippen molar-refractivity contribution < 1.29 is 14.3 Å². The number of amides is 1. The molecule has 0 aromatic heterocycles. The van der Waals surface area contributed by atoms with Gasteiger partial charge in [0.25, 0.3) is 0 Å². The Kier molecular flexibility index (Phi) is 6.32. The van der Waals surface area contributed by atoms with Crippen LogP contribution in [0.2, 0.25) is 0 Å². The highest BCUT2D eigenvalue weighted by Crippen LogP contribution is 1.96. The predicted molar refractivity (Wildman–Crippen MR) is 45.6 cm³/mol. The zero-order valence-corrected chi connectivity index (χ0v) is 7.34. The fourth-order valence-corrected chi connectivity index (χ4v) is 0.563. The summed E-state index contributed by atoms with van der Waals surface area (Å²) in [4.78, 5) is 10.5. The minimum atomic E-state index is -0.467. The van der Waals surface area contributed by atoms with Crippen molar-refractivity contribution in [2.24, 2.45) is 5.73 Å². The summed E-state index contributed by atoms with van der Waals surface area (Å²) in [5.41, 5.74) is 5.35. The first-order valence-corrected chi connectivity index (χ1v) is 3.72. The Hall–Kier alpha value is -0.870. The molecular weight excluding hydrogens is 158 g/mol. The number of carbonyl (C=O) groups excluding carboxylic acids is 1. The first-order chi connectivity index (χ1) is 5.68. The SMILES string of the molecule is C=C(CCOCCOC)C(N)=O. The van der Waals surface area contributed by atoms with Gasteiger partial charge in [0.1, 0.15) is 0 Å². The summed E-state index contributed by atoms with van der Waals surface area (Å²) in [6.07, 6.45) is 0.485. The molecule has 12 heavy (non-hydrogen) atoms. The minimum Gasteiger partial charge on any atom is -0.382 e. The normalized spacial score (nSPS) is 9.75. The smallest absolute Gasteiger partial charge is 0.244 e. The third-order valence-electron chi connectivity index (χ3n) is 1.33. The zero-order valence-electron chi connectivity index (χ0n) is 7.34. The minimum absolute atomic E-state index is 0.396. The highest BCUT2D eigenvalue weighted by molar-refractivity contribution is 5.91. The maximum absolute atomic E-state index is 10.5. The summed E-state index contributed by atoms with van der Waals surface area (Å²) in [6.45, 7) is 5.04. The Bertz CT molecular complexity index is 156. The second-order valence-corrected chi connectivity index (χ2v) is 2.32. The molecule has 0 bridgehead atoms. The lowest BCUT2D eigenvalue weighted by atomic mass is 10.2. The number of primary amides is 1. The van der Waals surface area contributed by atoms with Crippen LogP contribution in [0.25, 0.3) is 0 Å². The van der Waals surface area contributed by atoms with E-state index in [-0.39, 0.29) is 0 Å². The molecule has 0 aromatic rings. The quantitative estimate of drug-likeness (QED) is 0.438. The van der Waals surface area contributed by atoms with Crippen molar-refractivity contribution in [2.75, 3.05) is 26.9 Å². The molecule has 4 nitrogen and oxygen atoms in total. The van der Waals surface area contributed by atoms with E-state index in [1.54, 1.807) is 7.11 Å². The first-order valence-electron chi connectivity index (χ1n) is 3.72. The predicted octanol–water partition coefficient (Wildman–Crippen LogP) is 0.0810. The van der Waals surface area contributed by atoms with Crippen LogP contribution in [0.15, 0.2) is 12.2 Å². The van der Waals surface area contributed by atoms with Crippen molar-refractivity contribution in [3.63, 3.8) is 0 Å². The Morgan fingerprint density at radius 3 is 2.58 bits per heavy atom. The number of hydrogen-bond acceptors (Lipinski definition) is 3. The van der Waals surface area contributed by atoms with Gasteiger partial charge in [-0.1, -0.05) is 6.58 Å². The third kappa shape index (κ3) is 5.88. The van der Waals surface area contributed by atoms with E-state index in [1.165, 1.54) is 0 Å². The summed E-state index contributed by atoms with van der Waals surface area (Å²) >= 11 is 0. The fourth-order valence-electron chi connectivity index (χ4n) is 0.563. The van der Waals surface area contributed by atoms with Crippen molar-refractivity contribution in [2.45, 2.75) is 6.42 Å². The molecule has 4 heteroatoms. The Morgan fingerprint density at radius 1 is 1.42 bits per heavy atom. The number of methoxy groups -OCH3 is 1. The Balaban J connectivity index is 3.20. The van der Waals surface area contributed by atoms with Gasteiger partial charge in [0, 0.05) is 19.1 Å². The van der Waals surface area contributed by atoms with Crippen LogP contribution in [0.3, 0.4) is 0 Å². The van der Waals surface area contributed by atoms with Gasteiger partial charge in [-0.3, -0.25) is 4.79 Å². The topological polar surface area (TPSA) is 61.6 Å². The van der Waals surface area contributed by atoms with Crippen molar-refractivity contribution in [1.29, 1.82) is 0 Å². The highest BCUT2D eigenvalue weighted by atomic mass is 16.5. The van der Waals surface area contributed by atoms with Gasteiger partial charge in [-0.2, -0.15) is 0 Å². The fraction of sp³-hybridized carbons (Fsp3) is 0.625. The Labute approximate surface area is 72.3 Å². The van der Waals surface area contributed by atoms with E-state index in [1.807, 2.05) is 0 Å². The highest BCUT2D eigenvalue weighted by Gasteiger charge is 1.99. The molecule has 0 rings (SSSR count). The molecule has 0 aliphatic heterocycles. The zero-order chi connectivity index (χ0) is 9.40. The van der Waals surface area contributed by atoms with Crippen LogP contribution in [-0.4, -0.2) is 32.8 Å². The maximum atomic E-state index is 10.5. The molecule has 0 saturated heterocycles. The monoisotopic (exact) mass is 173 g/mol. The van der Waals surface area contributed by atoms with Crippen molar-refractivity contribution >= 4 is 5.91 Å². The van der Waals surface area contributed by atoms with Crippen LogP contribution in [0.1, 0.15) is 6.42 Å². The maximum Gasteiger partial charge on any atom is 0.244 e. The standard InChI is InChI=1S/C8H15NO3/c1-7(8(9)10)3-4-12-6-5-11-2/h1,3-6H2,2H3,(H2,9,10). The van der Waals surface area contributed by atoms with Crippen LogP contribution >= 0.6 is 0 Å². The Morgan fingerprint density at radius 2 is 2.08 bits per heavy atom. The first kappa shape index (κ1) is 11.1. The van der Waals surface area contributed by atoms with E-state index in [2.05, 4.69) is 6.58 Å². The van der Waals surface area contributed by atoms with Gasteiger partial charge >= 0.3 is 0 Å². The third-order valence-corrected chi connectivity index (χ3v) is 1.33. The van der Waals surface area contributed by atoms with Crippen molar-refractivity contribution in [3.05, 3.63) is 12.2 Å².